The van der Waals surface area contributed by atoms with Crippen molar-refractivity contribution in [1.29, 1.82) is 0 Å². The van der Waals surface area contributed by atoms with Crippen LogP contribution >= 0.6 is 0 Å². The normalized spacial score (nSPS) is 15.8. The van der Waals surface area contributed by atoms with Gasteiger partial charge in [0.15, 0.2) is 0 Å². The molecule has 0 unspecified atom stereocenters. The number of para-hydroxylation sites is 1. The third kappa shape index (κ3) is 5.71. The molecule has 1 saturated heterocycles. The highest BCUT2D eigenvalue weighted by Gasteiger charge is 2.30. The molecule has 1 aliphatic rings. The van der Waals surface area contributed by atoms with E-state index >= 15 is 0 Å². The van der Waals surface area contributed by atoms with Gasteiger partial charge < -0.3 is 25.4 Å². The molecule has 1 aromatic heterocycles. The summed E-state index contributed by atoms with van der Waals surface area (Å²) in [6.45, 7) is 6.74. The van der Waals surface area contributed by atoms with Crippen LogP contribution in [0.2, 0.25) is 0 Å². The Labute approximate surface area is 193 Å². The predicted octanol–water partition coefficient (Wildman–Crippen LogP) is 4.94. The summed E-state index contributed by atoms with van der Waals surface area (Å²) in [5.74, 6) is 2.51. The number of nitrogens with one attached hydrogen (secondary N) is 1. The Morgan fingerprint density at radius 1 is 1.06 bits per heavy atom. The molecule has 0 spiro atoms. The monoisotopic (exact) mass is 447 g/mol. The maximum atomic E-state index is 12.4. The fourth-order valence-electron chi connectivity index (χ4n) is 3.67. The molecule has 4 rings (SSSR count). The summed E-state index contributed by atoms with van der Waals surface area (Å²) >= 11 is 0. The molecule has 8 heteroatoms. The van der Waals surface area contributed by atoms with Crippen molar-refractivity contribution in [1.82, 2.24) is 14.9 Å². The minimum Gasteiger partial charge on any atom is -0.457 e. The van der Waals surface area contributed by atoms with Crippen LogP contribution in [-0.2, 0) is 4.74 Å². The molecule has 0 bridgehead atoms. The van der Waals surface area contributed by atoms with E-state index in [0.717, 1.165) is 29.0 Å². The number of amides is 1. The van der Waals surface area contributed by atoms with Gasteiger partial charge in [0, 0.05) is 19.1 Å². The van der Waals surface area contributed by atoms with Crippen molar-refractivity contribution >= 4 is 17.7 Å². The van der Waals surface area contributed by atoms with Crippen molar-refractivity contribution in [2.75, 3.05) is 24.1 Å². The summed E-state index contributed by atoms with van der Waals surface area (Å²) in [7, 11) is 0. The van der Waals surface area contributed by atoms with Crippen LogP contribution in [0.25, 0.3) is 11.1 Å². The van der Waals surface area contributed by atoms with Gasteiger partial charge in [0.05, 0.1) is 5.56 Å². The first-order valence-corrected chi connectivity index (χ1v) is 11.0. The number of ether oxygens (including phenoxy) is 2. The number of nitrogens with zero attached hydrogens (tertiary/aromatic N) is 3. The number of anilines is 2. The van der Waals surface area contributed by atoms with E-state index in [2.05, 4.69) is 15.3 Å². The molecule has 172 valence electrons. The lowest BCUT2D eigenvalue weighted by Crippen LogP contribution is -2.36. The molecule has 0 radical (unpaired) electrons. The zero-order chi connectivity index (χ0) is 23.4. The van der Waals surface area contributed by atoms with Crippen molar-refractivity contribution in [2.24, 2.45) is 0 Å². The Bertz CT molecular complexity index is 1100. The van der Waals surface area contributed by atoms with Crippen molar-refractivity contribution in [3.05, 3.63) is 60.9 Å². The van der Waals surface area contributed by atoms with Gasteiger partial charge in [-0.2, -0.15) is 0 Å². The maximum absolute atomic E-state index is 12.4. The minimum absolute atomic E-state index is 0.0336. The minimum atomic E-state index is -0.521. The third-order valence-corrected chi connectivity index (χ3v) is 5.18. The number of likely N-dealkylation sites (tertiary alicyclic amines) is 1. The number of benzene rings is 2. The van der Waals surface area contributed by atoms with Crippen LogP contribution in [0.15, 0.2) is 60.9 Å². The average Bonchev–Trinajstić information content (AvgIpc) is 3.23. The van der Waals surface area contributed by atoms with Crippen LogP contribution in [0, 0.1) is 0 Å². The highest BCUT2D eigenvalue weighted by molar-refractivity contribution is 5.83. The summed E-state index contributed by atoms with van der Waals surface area (Å²) in [6, 6.07) is 17.3. The van der Waals surface area contributed by atoms with E-state index in [-0.39, 0.29) is 12.1 Å². The molecular weight excluding hydrogens is 418 g/mol. The first-order valence-electron chi connectivity index (χ1n) is 11.0. The van der Waals surface area contributed by atoms with Crippen LogP contribution in [0.5, 0.6) is 11.5 Å². The molecule has 2 heterocycles. The lowest BCUT2D eigenvalue weighted by molar-refractivity contribution is 0.0293. The van der Waals surface area contributed by atoms with E-state index < -0.39 is 5.60 Å². The van der Waals surface area contributed by atoms with Crippen LogP contribution < -0.4 is 15.8 Å². The van der Waals surface area contributed by atoms with Crippen LogP contribution in [0.1, 0.15) is 27.2 Å². The largest absolute Gasteiger partial charge is 0.457 e. The Morgan fingerprint density at radius 3 is 2.45 bits per heavy atom. The summed E-state index contributed by atoms with van der Waals surface area (Å²) in [6.07, 6.45) is 1.92. The van der Waals surface area contributed by atoms with E-state index in [1.807, 2.05) is 75.4 Å². The molecule has 8 nitrogen and oxygen atoms in total. The quantitative estimate of drug-likeness (QED) is 0.571. The van der Waals surface area contributed by atoms with E-state index in [1.54, 1.807) is 4.90 Å². The number of aromatic nitrogens is 2. The predicted molar refractivity (Wildman–Crippen MR) is 128 cm³/mol. The van der Waals surface area contributed by atoms with Gasteiger partial charge in [0.25, 0.3) is 0 Å². The Balaban J connectivity index is 1.47. The van der Waals surface area contributed by atoms with Crippen LogP contribution in [-0.4, -0.2) is 45.7 Å². The maximum Gasteiger partial charge on any atom is 0.410 e. The Kier molecular flexibility index (Phi) is 6.35. The molecule has 1 fully saturated rings. The van der Waals surface area contributed by atoms with Crippen LogP contribution in [0.4, 0.5) is 16.4 Å². The van der Waals surface area contributed by atoms with E-state index in [4.69, 9.17) is 15.2 Å². The second kappa shape index (κ2) is 9.36. The van der Waals surface area contributed by atoms with Crippen molar-refractivity contribution in [3.63, 3.8) is 0 Å². The number of hydrogen-bond acceptors (Lipinski definition) is 7. The fraction of sp³-hybridized carbons (Fsp3) is 0.320. The van der Waals surface area contributed by atoms with Gasteiger partial charge in [0.1, 0.15) is 35.1 Å². The smallest absolute Gasteiger partial charge is 0.410 e. The topological polar surface area (TPSA) is 103 Å². The summed E-state index contributed by atoms with van der Waals surface area (Å²) in [4.78, 5) is 22.7. The molecule has 3 N–H and O–H groups in total. The first kappa shape index (κ1) is 22.4. The van der Waals surface area contributed by atoms with Crippen molar-refractivity contribution in [3.8, 4) is 22.6 Å². The van der Waals surface area contributed by atoms with Crippen molar-refractivity contribution < 1.29 is 14.3 Å². The summed E-state index contributed by atoms with van der Waals surface area (Å²) in [5.41, 5.74) is 7.30. The second-order valence-electron chi connectivity index (χ2n) is 8.98. The molecule has 1 aliphatic heterocycles. The fourth-order valence-corrected chi connectivity index (χ4v) is 3.67. The lowest BCUT2D eigenvalue weighted by atomic mass is 10.1. The Hall–Kier alpha value is -3.81. The van der Waals surface area contributed by atoms with Crippen LogP contribution in [0.3, 0.4) is 0 Å². The van der Waals surface area contributed by atoms with Gasteiger partial charge in [-0.05, 0) is 57.0 Å². The molecule has 1 amide bonds. The first-order chi connectivity index (χ1) is 15.8. The number of nitrogen functional groups attached to an aromatic ring is 1. The molecule has 3 aromatic rings. The lowest BCUT2D eigenvalue weighted by Gasteiger charge is -2.24. The van der Waals surface area contributed by atoms with Gasteiger partial charge in [0.2, 0.25) is 0 Å². The Morgan fingerprint density at radius 2 is 1.76 bits per heavy atom. The third-order valence-electron chi connectivity index (χ3n) is 5.18. The average molecular weight is 448 g/mol. The van der Waals surface area contributed by atoms with Gasteiger partial charge in [-0.25, -0.2) is 14.8 Å². The molecule has 1 atom stereocenters. The van der Waals surface area contributed by atoms with E-state index in [1.165, 1.54) is 6.33 Å². The van der Waals surface area contributed by atoms with Gasteiger partial charge >= 0.3 is 6.09 Å². The zero-order valence-electron chi connectivity index (χ0n) is 19.1. The molecule has 33 heavy (non-hydrogen) atoms. The molecule has 2 aromatic carbocycles. The number of carbonyl (C=O) groups is 1. The van der Waals surface area contributed by atoms with Crippen molar-refractivity contribution in [2.45, 2.75) is 38.8 Å². The standard InChI is InChI=1S/C25H29N5O3/c1-25(2,3)33-24(31)30-14-13-18(15-30)29-23-21(22(26)27-16-28-23)17-9-11-20(12-10-17)32-19-7-5-4-6-8-19/h4-12,16,18H,13-15H2,1-3H3,(H3,26,27,28,29)/t18-/m1/s1. The highest BCUT2D eigenvalue weighted by Crippen LogP contribution is 2.33. The number of nitrogens with two attached hydrogens (primary N) is 1. The van der Waals surface area contributed by atoms with E-state index in [0.29, 0.717) is 24.7 Å². The summed E-state index contributed by atoms with van der Waals surface area (Å²) in [5, 5.41) is 3.44. The van der Waals surface area contributed by atoms with E-state index in [9.17, 15) is 4.79 Å². The second-order valence-corrected chi connectivity index (χ2v) is 8.98. The van der Waals surface area contributed by atoms with Gasteiger partial charge in [-0.3, -0.25) is 0 Å². The number of rotatable bonds is 5. The number of hydrogen-bond donors (Lipinski definition) is 2. The summed E-state index contributed by atoms with van der Waals surface area (Å²) < 4.78 is 11.4. The molecular formula is C25H29N5O3. The SMILES string of the molecule is CC(C)(C)OC(=O)N1CC[C@@H](Nc2ncnc(N)c2-c2ccc(Oc3ccccc3)cc2)C1. The molecule has 0 aliphatic carbocycles. The molecule has 0 saturated carbocycles. The van der Waals surface area contributed by atoms with Gasteiger partial charge in [-0.15, -0.1) is 0 Å². The van der Waals surface area contributed by atoms with Gasteiger partial charge in [-0.1, -0.05) is 30.3 Å². The highest BCUT2D eigenvalue weighted by atomic mass is 16.6. The number of carbonyl (C=O) groups excluding carboxylic acids is 1. The zero-order valence-corrected chi connectivity index (χ0v) is 19.1.